The Bertz CT molecular complexity index is 628. The Labute approximate surface area is 135 Å². The van der Waals surface area contributed by atoms with Crippen LogP contribution in [-0.2, 0) is 4.74 Å². The van der Waals surface area contributed by atoms with E-state index in [-0.39, 0.29) is 12.2 Å². The lowest BCUT2D eigenvalue weighted by Gasteiger charge is -2.19. The Balaban J connectivity index is 2.15. The molecule has 0 aliphatic carbocycles. The molecule has 1 atom stereocenters. The summed E-state index contributed by atoms with van der Waals surface area (Å²) >= 11 is 1.46. The average Bonchev–Trinajstić information content (AvgIpc) is 2.89. The first-order chi connectivity index (χ1) is 10.5. The first-order valence-corrected chi connectivity index (χ1v) is 8.16. The third kappa shape index (κ3) is 3.82. The third-order valence-corrected chi connectivity index (χ3v) is 4.54. The molecule has 2 aromatic rings. The molecule has 0 spiro atoms. The quantitative estimate of drug-likeness (QED) is 0.825. The van der Waals surface area contributed by atoms with E-state index in [9.17, 15) is 4.79 Å². The van der Waals surface area contributed by atoms with Crippen LogP contribution in [0.2, 0.25) is 0 Å². The smallest absolute Gasteiger partial charge is 0.414 e. The normalized spacial score (nSPS) is 12.0. The molecule has 0 saturated heterocycles. The highest BCUT2D eigenvalue weighted by Crippen LogP contribution is 2.33. The summed E-state index contributed by atoms with van der Waals surface area (Å²) in [6.07, 6.45) is 4.93. The fraction of sp³-hybridized carbons (Fsp3) is 0.438. The Morgan fingerprint density at radius 3 is 2.91 bits per heavy atom. The van der Waals surface area contributed by atoms with Crippen LogP contribution in [0.4, 0.5) is 9.80 Å². The second-order valence-corrected chi connectivity index (χ2v) is 6.17. The number of aryl methyl sites for hydroxylation is 1. The maximum absolute atomic E-state index is 12.2. The van der Waals surface area contributed by atoms with Gasteiger partial charge in [0, 0.05) is 25.0 Å². The lowest BCUT2D eigenvalue weighted by atomic mass is 10.2. The topological polar surface area (TPSA) is 55.3 Å². The van der Waals surface area contributed by atoms with Crippen molar-refractivity contribution in [2.24, 2.45) is 0 Å². The predicted molar refractivity (Wildman–Crippen MR) is 89.3 cm³/mol. The van der Waals surface area contributed by atoms with Crippen molar-refractivity contribution >= 4 is 22.4 Å². The van der Waals surface area contributed by atoms with Gasteiger partial charge in [-0.25, -0.2) is 9.78 Å². The number of aromatic nitrogens is 2. The van der Waals surface area contributed by atoms with Crippen LogP contribution in [0.25, 0.3) is 10.6 Å². The highest BCUT2D eigenvalue weighted by Gasteiger charge is 2.20. The number of pyridine rings is 1. The van der Waals surface area contributed by atoms with E-state index in [4.69, 9.17) is 4.74 Å². The van der Waals surface area contributed by atoms with Crippen molar-refractivity contribution in [3.8, 4) is 10.6 Å². The number of nitrogens with zero attached hydrogens (tertiary/aromatic N) is 3. The molecular weight excluding hydrogens is 298 g/mol. The number of carbonyl (C=O) groups excluding carboxylic acids is 1. The lowest BCUT2D eigenvalue weighted by molar-refractivity contribution is 0.109. The van der Waals surface area contributed by atoms with Gasteiger partial charge in [-0.2, -0.15) is 0 Å². The molecule has 0 aliphatic heterocycles. The van der Waals surface area contributed by atoms with Crippen LogP contribution in [0, 0.1) is 6.92 Å². The summed E-state index contributed by atoms with van der Waals surface area (Å²) in [5, 5.41) is 1.65. The minimum atomic E-state index is -0.342. The van der Waals surface area contributed by atoms with E-state index in [0.717, 1.165) is 34.1 Å². The summed E-state index contributed by atoms with van der Waals surface area (Å²) in [4.78, 5) is 22.4. The maximum Gasteiger partial charge on any atom is 0.414 e. The molecule has 2 heterocycles. The van der Waals surface area contributed by atoms with Gasteiger partial charge in [0.25, 0.3) is 0 Å². The van der Waals surface area contributed by atoms with Crippen molar-refractivity contribution < 1.29 is 9.53 Å². The van der Waals surface area contributed by atoms with E-state index < -0.39 is 0 Å². The van der Waals surface area contributed by atoms with Gasteiger partial charge in [0.15, 0.2) is 0 Å². The molecule has 6 heteroatoms. The number of thiazole rings is 1. The first-order valence-electron chi connectivity index (χ1n) is 7.35. The Kier molecular flexibility index (Phi) is 5.49. The zero-order chi connectivity index (χ0) is 16.1. The summed E-state index contributed by atoms with van der Waals surface area (Å²) in [7, 11) is 1.72. The monoisotopic (exact) mass is 319 g/mol. The van der Waals surface area contributed by atoms with E-state index >= 15 is 0 Å². The van der Waals surface area contributed by atoms with Gasteiger partial charge in [0.05, 0.1) is 5.69 Å². The lowest BCUT2D eigenvalue weighted by Crippen LogP contribution is -2.29. The van der Waals surface area contributed by atoms with Gasteiger partial charge in [0.2, 0.25) is 0 Å². The summed E-state index contributed by atoms with van der Waals surface area (Å²) in [5.41, 5.74) is 1.76. The fourth-order valence-electron chi connectivity index (χ4n) is 2.11. The number of amides is 1. The van der Waals surface area contributed by atoms with Crippen LogP contribution in [0.1, 0.15) is 32.4 Å². The molecule has 2 aromatic heterocycles. The number of anilines is 1. The van der Waals surface area contributed by atoms with Crippen LogP contribution in [0.15, 0.2) is 24.5 Å². The molecule has 1 amide bonds. The third-order valence-electron chi connectivity index (χ3n) is 3.26. The molecule has 22 heavy (non-hydrogen) atoms. The number of hydrogen-bond acceptors (Lipinski definition) is 5. The van der Waals surface area contributed by atoms with Gasteiger partial charge < -0.3 is 4.74 Å². The van der Waals surface area contributed by atoms with E-state index in [2.05, 4.69) is 16.9 Å². The average molecular weight is 319 g/mol. The number of ether oxygens (including phenoxy) is 1. The molecule has 1 unspecified atom stereocenters. The molecule has 0 aromatic carbocycles. The second-order valence-electron chi connectivity index (χ2n) is 5.19. The van der Waals surface area contributed by atoms with Crippen molar-refractivity contribution in [2.75, 3.05) is 11.9 Å². The van der Waals surface area contributed by atoms with Gasteiger partial charge >= 0.3 is 6.09 Å². The Hall–Kier alpha value is -1.95. The van der Waals surface area contributed by atoms with E-state index in [1.807, 2.05) is 26.0 Å². The van der Waals surface area contributed by atoms with Gasteiger partial charge in [-0.15, -0.1) is 0 Å². The van der Waals surface area contributed by atoms with Gasteiger partial charge in [0.1, 0.15) is 16.1 Å². The fourth-order valence-corrected chi connectivity index (χ4v) is 3.12. The van der Waals surface area contributed by atoms with Crippen LogP contribution in [-0.4, -0.2) is 29.2 Å². The highest BCUT2D eigenvalue weighted by atomic mass is 32.1. The van der Waals surface area contributed by atoms with E-state index in [0.29, 0.717) is 0 Å². The second kappa shape index (κ2) is 7.35. The maximum atomic E-state index is 12.2. The van der Waals surface area contributed by atoms with Crippen molar-refractivity contribution in [3.63, 3.8) is 0 Å². The molecule has 118 valence electrons. The molecule has 0 bridgehead atoms. The molecular formula is C16H21N3O2S. The minimum Gasteiger partial charge on any atom is -0.446 e. The van der Waals surface area contributed by atoms with Crippen LogP contribution in [0.5, 0.6) is 0 Å². The van der Waals surface area contributed by atoms with Crippen molar-refractivity contribution in [1.29, 1.82) is 0 Å². The summed E-state index contributed by atoms with van der Waals surface area (Å²) in [6.45, 7) is 5.88. The van der Waals surface area contributed by atoms with Crippen LogP contribution < -0.4 is 4.90 Å². The van der Waals surface area contributed by atoms with Crippen molar-refractivity contribution in [3.05, 3.63) is 30.2 Å². The van der Waals surface area contributed by atoms with Crippen molar-refractivity contribution in [1.82, 2.24) is 9.97 Å². The molecule has 0 aliphatic rings. The predicted octanol–water partition coefficient (Wildman–Crippen LogP) is 4.27. The molecule has 0 radical (unpaired) electrons. The highest BCUT2D eigenvalue weighted by molar-refractivity contribution is 7.19. The molecule has 0 N–H and O–H groups in total. The SMILES string of the molecule is CCCC(C)OC(=O)N(C)c1sc(-c2cccnc2)nc1C. The number of carbonyl (C=O) groups is 1. The molecule has 0 saturated carbocycles. The summed E-state index contributed by atoms with van der Waals surface area (Å²) in [6, 6.07) is 3.83. The van der Waals surface area contributed by atoms with E-state index in [1.54, 1.807) is 19.4 Å². The Morgan fingerprint density at radius 2 is 2.27 bits per heavy atom. The summed E-state index contributed by atoms with van der Waals surface area (Å²) in [5.74, 6) is 0. The largest absolute Gasteiger partial charge is 0.446 e. The number of rotatable bonds is 5. The number of hydrogen-bond donors (Lipinski definition) is 0. The molecule has 5 nitrogen and oxygen atoms in total. The standard InChI is InChI=1S/C16H21N3O2S/c1-5-7-11(2)21-16(20)19(4)15-12(3)18-14(22-15)13-8-6-9-17-10-13/h6,8-11H,5,7H2,1-4H3. The van der Waals surface area contributed by atoms with Crippen LogP contribution in [0.3, 0.4) is 0 Å². The zero-order valence-corrected chi connectivity index (χ0v) is 14.2. The zero-order valence-electron chi connectivity index (χ0n) is 13.4. The van der Waals surface area contributed by atoms with Crippen LogP contribution >= 0.6 is 11.3 Å². The van der Waals surface area contributed by atoms with Crippen molar-refractivity contribution in [2.45, 2.75) is 39.7 Å². The Morgan fingerprint density at radius 1 is 1.50 bits per heavy atom. The van der Waals surface area contributed by atoms with Gasteiger partial charge in [-0.05, 0) is 32.4 Å². The minimum absolute atomic E-state index is 0.0778. The van der Waals surface area contributed by atoms with Gasteiger partial charge in [-0.1, -0.05) is 24.7 Å². The first kappa shape index (κ1) is 16.4. The summed E-state index contributed by atoms with van der Waals surface area (Å²) < 4.78 is 5.43. The molecule has 2 rings (SSSR count). The molecule has 0 fully saturated rings. The van der Waals surface area contributed by atoms with E-state index in [1.165, 1.54) is 16.2 Å². The van der Waals surface area contributed by atoms with Gasteiger partial charge in [-0.3, -0.25) is 9.88 Å².